The van der Waals surface area contributed by atoms with Gasteiger partial charge in [0, 0.05) is 6.07 Å². The summed E-state index contributed by atoms with van der Waals surface area (Å²) in [7, 11) is 1.37. The minimum Gasteiger partial charge on any atom is -0.493 e. The van der Waals surface area contributed by atoms with Gasteiger partial charge in [0.2, 0.25) is 0 Å². The summed E-state index contributed by atoms with van der Waals surface area (Å²) in [6.45, 7) is 0. The predicted molar refractivity (Wildman–Crippen MR) is 36.8 cm³/mol. The van der Waals surface area contributed by atoms with Crippen molar-refractivity contribution in [1.82, 2.24) is 0 Å². The van der Waals surface area contributed by atoms with Gasteiger partial charge in [0.05, 0.1) is 12.1 Å². The first-order chi connectivity index (χ1) is 4.75. The molecule has 1 nitrogen and oxygen atoms in total. The number of benzene rings is 1. The Kier molecular flexibility index (Phi) is 2.12. The van der Waals surface area contributed by atoms with Crippen LogP contribution in [0, 0.1) is 11.9 Å². The second-order valence-corrected chi connectivity index (χ2v) is 2.08. The molecule has 0 spiro atoms. The van der Waals surface area contributed by atoms with Crippen LogP contribution in [0.15, 0.2) is 12.1 Å². The molecule has 0 saturated heterocycles. The molecular formula is C7H5ClFO. The molecule has 1 rings (SSSR count). The van der Waals surface area contributed by atoms with Crippen molar-refractivity contribution in [2.75, 3.05) is 7.11 Å². The molecule has 3 heteroatoms. The molecule has 0 aliphatic carbocycles. The van der Waals surface area contributed by atoms with Gasteiger partial charge in [-0.3, -0.25) is 0 Å². The lowest BCUT2D eigenvalue weighted by Crippen LogP contribution is -1.87. The molecule has 0 atom stereocenters. The van der Waals surface area contributed by atoms with E-state index in [-0.39, 0.29) is 10.8 Å². The van der Waals surface area contributed by atoms with Gasteiger partial charge >= 0.3 is 0 Å². The number of hydrogen-bond donors (Lipinski definition) is 0. The Balaban J connectivity index is 3.14. The van der Waals surface area contributed by atoms with E-state index in [0.29, 0.717) is 0 Å². The second kappa shape index (κ2) is 2.88. The van der Waals surface area contributed by atoms with Crippen LogP contribution in [0.5, 0.6) is 5.75 Å². The van der Waals surface area contributed by atoms with E-state index >= 15 is 0 Å². The van der Waals surface area contributed by atoms with Gasteiger partial charge in [-0.2, -0.15) is 0 Å². The molecule has 1 radical (unpaired) electrons. The van der Waals surface area contributed by atoms with Crippen LogP contribution in [0.25, 0.3) is 0 Å². The standard InChI is InChI=1S/C7H5ClFO/c1-10-6-4-2-3-5(8)7(6)9/h2-3H,1H3. The fraction of sp³-hybridized carbons (Fsp3) is 0.143. The summed E-state index contributed by atoms with van der Waals surface area (Å²) in [6.07, 6.45) is 0. The third-order valence-corrected chi connectivity index (χ3v) is 1.35. The molecule has 0 aromatic heterocycles. The quantitative estimate of drug-likeness (QED) is 0.611. The van der Waals surface area contributed by atoms with Gasteiger partial charge < -0.3 is 4.74 Å². The SMILES string of the molecule is COc1[c]ccc(Cl)c1F. The van der Waals surface area contributed by atoms with Crippen molar-refractivity contribution in [3.8, 4) is 5.75 Å². The minimum atomic E-state index is -0.563. The molecule has 1 aromatic rings. The molecule has 0 heterocycles. The third kappa shape index (κ3) is 1.21. The molecule has 0 aliphatic rings. The predicted octanol–water partition coefficient (Wildman–Crippen LogP) is 2.29. The second-order valence-electron chi connectivity index (χ2n) is 1.67. The van der Waals surface area contributed by atoms with Crippen molar-refractivity contribution in [3.05, 3.63) is 29.0 Å². The Morgan fingerprint density at radius 1 is 1.70 bits per heavy atom. The molecule has 0 N–H and O–H groups in total. The van der Waals surface area contributed by atoms with Crippen molar-refractivity contribution >= 4 is 11.6 Å². The molecule has 0 aliphatic heterocycles. The molecule has 0 bridgehead atoms. The minimum absolute atomic E-state index is 0.0486. The van der Waals surface area contributed by atoms with Gasteiger partial charge in [-0.15, -0.1) is 0 Å². The van der Waals surface area contributed by atoms with Crippen LogP contribution in [-0.4, -0.2) is 7.11 Å². The summed E-state index contributed by atoms with van der Waals surface area (Å²) >= 11 is 5.42. The van der Waals surface area contributed by atoms with Gasteiger partial charge in [-0.25, -0.2) is 4.39 Å². The Hall–Kier alpha value is -0.760. The van der Waals surface area contributed by atoms with E-state index in [9.17, 15) is 4.39 Å². The van der Waals surface area contributed by atoms with Crippen LogP contribution in [-0.2, 0) is 0 Å². The molecule has 53 valence electrons. The highest BCUT2D eigenvalue weighted by atomic mass is 35.5. The first kappa shape index (κ1) is 7.35. The van der Waals surface area contributed by atoms with Gasteiger partial charge in [-0.1, -0.05) is 11.6 Å². The lowest BCUT2D eigenvalue weighted by atomic mass is 10.3. The lowest BCUT2D eigenvalue weighted by Gasteiger charge is -1.99. The number of methoxy groups -OCH3 is 1. The maximum atomic E-state index is 12.7. The normalized spacial score (nSPS) is 9.50. The zero-order valence-electron chi connectivity index (χ0n) is 5.32. The summed E-state index contributed by atoms with van der Waals surface area (Å²) in [4.78, 5) is 0. The van der Waals surface area contributed by atoms with Crippen molar-refractivity contribution in [1.29, 1.82) is 0 Å². The van der Waals surface area contributed by atoms with Crippen LogP contribution in [0.3, 0.4) is 0 Å². The molecule has 10 heavy (non-hydrogen) atoms. The fourth-order valence-corrected chi connectivity index (χ4v) is 0.733. The zero-order valence-corrected chi connectivity index (χ0v) is 6.07. The summed E-state index contributed by atoms with van der Waals surface area (Å²) in [5.74, 6) is -0.515. The lowest BCUT2D eigenvalue weighted by molar-refractivity contribution is 0.385. The number of rotatable bonds is 1. The molecular weight excluding hydrogens is 155 g/mol. The monoisotopic (exact) mass is 159 g/mol. The van der Waals surface area contributed by atoms with E-state index in [2.05, 4.69) is 10.8 Å². The molecule has 0 saturated carbocycles. The van der Waals surface area contributed by atoms with Crippen LogP contribution in [0.2, 0.25) is 5.02 Å². The van der Waals surface area contributed by atoms with Crippen LogP contribution in [0.1, 0.15) is 0 Å². The summed E-state index contributed by atoms with van der Waals surface area (Å²) in [5.41, 5.74) is 0. The number of ether oxygens (including phenoxy) is 1. The summed E-state index contributed by atoms with van der Waals surface area (Å²) in [6, 6.07) is 5.47. The summed E-state index contributed by atoms with van der Waals surface area (Å²) < 4.78 is 17.3. The van der Waals surface area contributed by atoms with E-state index in [0.717, 1.165) is 0 Å². The Labute approximate surface area is 63.4 Å². The highest BCUT2D eigenvalue weighted by molar-refractivity contribution is 6.30. The first-order valence-corrected chi connectivity index (χ1v) is 3.03. The summed E-state index contributed by atoms with van der Waals surface area (Å²) in [5, 5.41) is 0.0515. The average molecular weight is 160 g/mol. The van der Waals surface area contributed by atoms with Crippen molar-refractivity contribution < 1.29 is 9.13 Å². The molecule has 1 aromatic carbocycles. The molecule has 0 unspecified atom stereocenters. The van der Waals surface area contributed by atoms with Crippen molar-refractivity contribution in [3.63, 3.8) is 0 Å². The number of hydrogen-bond acceptors (Lipinski definition) is 1. The van der Waals surface area contributed by atoms with E-state index in [1.807, 2.05) is 0 Å². The Morgan fingerprint density at radius 3 is 2.90 bits per heavy atom. The third-order valence-electron chi connectivity index (χ3n) is 1.06. The maximum absolute atomic E-state index is 12.7. The number of halogens is 2. The van der Waals surface area contributed by atoms with E-state index in [4.69, 9.17) is 11.6 Å². The van der Waals surface area contributed by atoms with E-state index in [1.165, 1.54) is 19.2 Å². The first-order valence-electron chi connectivity index (χ1n) is 2.65. The van der Waals surface area contributed by atoms with Gasteiger partial charge in [-0.05, 0) is 12.1 Å². The highest BCUT2D eigenvalue weighted by Crippen LogP contribution is 2.22. The van der Waals surface area contributed by atoms with E-state index in [1.54, 1.807) is 0 Å². The maximum Gasteiger partial charge on any atom is 0.184 e. The molecule has 0 fully saturated rings. The molecule has 0 amide bonds. The van der Waals surface area contributed by atoms with E-state index < -0.39 is 5.82 Å². The van der Waals surface area contributed by atoms with Crippen LogP contribution in [0.4, 0.5) is 4.39 Å². The van der Waals surface area contributed by atoms with Crippen LogP contribution < -0.4 is 4.74 Å². The zero-order chi connectivity index (χ0) is 7.56. The Bertz CT molecular complexity index is 237. The fourth-order valence-electron chi connectivity index (χ4n) is 0.584. The topological polar surface area (TPSA) is 9.23 Å². The highest BCUT2D eigenvalue weighted by Gasteiger charge is 2.04. The van der Waals surface area contributed by atoms with Gasteiger partial charge in [0.15, 0.2) is 11.6 Å². The van der Waals surface area contributed by atoms with Crippen molar-refractivity contribution in [2.45, 2.75) is 0 Å². The van der Waals surface area contributed by atoms with Gasteiger partial charge in [0.1, 0.15) is 0 Å². The van der Waals surface area contributed by atoms with Crippen LogP contribution >= 0.6 is 11.6 Å². The van der Waals surface area contributed by atoms with Crippen molar-refractivity contribution in [2.24, 2.45) is 0 Å². The van der Waals surface area contributed by atoms with Gasteiger partial charge in [0.25, 0.3) is 0 Å². The largest absolute Gasteiger partial charge is 0.493 e. The Morgan fingerprint density at radius 2 is 2.40 bits per heavy atom. The average Bonchev–Trinajstić information content (AvgIpc) is 1.95. The smallest absolute Gasteiger partial charge is 0.184 e.